The molecule has 2 atom stereocenters. The van der Waals surface area contributed by atoms with E-state index in [1.807, 2.05) is 17.7 Å². The standard InChI is InChI=1S/C13H21N3O2/c1-3-5-14-11-9-18-8-10(11)12(17)13-15-6-7-16(13)4-2/h6-7,10-11,14H,3-5,8-9H2,1-2H3. The molecule has 5 heteroatoms. The summed E-state index contributed by atoms with van der Waals surface area (Å²) in [5.74, 6) is 0.536. The second kappa shape index (κ2) is 6.11. The van der Waals surface area contributed by atoms with Crippen LogP contribution in [0, 0.1) is 5.92 Å². The molecule has 2 unspecified atom stereocenters. The Labute approximate surface area is 108 Å². The van der Waals surface area contributed by atoms with E-state index in [9.17, 15) is 4.79 Å². The van der Waals surface area contributed by atoms with Crippen LogP contribution in [0.4, 0.5) is 0 Å². The zero-order valence-corrected chi connectivity index (χ0v) is 11.1. The van der Waals surface area contributed by atoms with Gasteiger partial charge in [-0.2, -0.15) is 0 Å². The van der Waals surface area contributed by atoms with Gasteiger partial charge in [0, 0.05) is 25.0 Å². The number of Topliss-reactive ketones (excluding diaryl/α,β-unsaturated/α-hetero) is 1. The van der Waals surface area contributed by atoms with Crippen LogP contribution in [0.1, 0.15) is 30.9 Å². The Morgan fingerprint density at radius 1 is 1.56 bits per heavy atom. The van der Waals surface area contributed by atoms with Gasteiger partial charge >= 0.3 is 0 Å². The number of imidazole rings is 1. The number of ketones is 1. The van der Waals surface area contributed by atoms with Gasteiger partial charge in [-0.15, -0.1) is 0 Å². The van der Waals surface area contributed by atoms with Crippen LogP contribution in [0.15, 0.2) is 12.4 Å². The number of rotatable bonds is 6. The van der Waals surface area contributed by atoms with Crippen molar-refractivity contribution < 1.29 is 9.53 Å². The summed E-state index contributed by atoms with van der Waals surface area (Å²) in [5, 5.41) is 3.38. The molecule has 0 aliphatic carbocycles. The lowest BCUT2D eigenvalue weighted by Crippen LogP contribution is -2.40. The van der Waals surface area contributed by atoms with E-state index in [2.05, 4.69) is 17.2 Å². The number of hydrogen-bond donors (Lipinski definition) is 1. The maximum Gasteiger partial charge on any atom is 0.205 e. The number of aromatic nitrogens is 2. The first-order valence-corrected chi connectivity index (χ1v) is 6.64. The third-order valence-electron chi connectivity index (χ3n) is 3.35. The number of hydrogen-bond acceptors (Lipinski definition) is 4. The summed E-state index contributed by atoms with van der Waals surface area (Å²) in [7, 11) is 0. The molecule has 18 heavy (non-hydrogen) atoms. The van der Waals surface area contributed by atoms with Gasteiger partial charge in [-0.05, 0) is 19.9 Å². The van der Waals surface area contributed by atoms with Gasteiger partial charge in [0.1, 0.15) is 0 Å². The molecule has 1 saturated heterocycles. The maximum absolute atomic E-state index is 12.5. The van der Waals surface area contributed by atoms with Gasteiger partial charge in [0.15, 0.2) is 5.82 Å². The quantitative estimate of drug-likeness (QED) is 0.769. The minimum Gasteiger partial charge on any atom is -0.379 e. The number of carbonyl (C=O) groups is 1. The Kier molecular flexibility index (Phi) is 4.49. The van der Waals surface area contributed by atoms with Gasteiger partial charge in [-0.3, -0.25) is 4.79 Å². The van der Waals surface area contributed by atoms with Crippen LogP contribution in [-0.2, 0) is 11.3 Å². The second-order valence-electron chi connectivity index (χ2n) is 4.61. The molecule has 1 aliphatic heterocycles. The van der Waals surface area contributed by atoms with Crippen LogP contribution in [-0.4, -0.2) is 41.1 Å². The lowest BCUT2D eigenvalue weighted by atomic mass is 9.97. The minimum atomic E-state index is -0.107. The minimum absolute atomic E-state index is 0.0907. The summed E-state index contributed by atoms with van der Waals surface area (Å²) in [5.41, 5.74) is 0. The lowest BCUT2D eigenvalue weighted by Gasteiger charge is -2.17. The van der Waals surface area contributed by atoms with Gasteiger partial charge in [0.2, 0.25) is 5.78 Å². The van der Waals surface area contributed by atoms with Crippen LogP contribution >= 0.6 is 0 Å². The summed E-state index contributed by atoms with van der Waals surface area (Å²) in [6.45, 7) is 6.92. The van der Waals surface area contributed by atoms with E-state index in [0.717, 1.165) is 19.5 Å². The van der Waals surface area contributed by atoms with Crippen LogP contribution in [0.5, 0.6) is 0 Å². The van der Waals surface area contributed by atoms with Crippen LogP contribution < -0.4 is 5.32 Å². The molecule has 100 valence electrons. The monoisotopic (exact) mass is 251 g/mol. The molecular weight excluding hydrogens is 230 g/mol. The number of nitrogens with zero attached hydrogens (tertiary/aromatic N) is 2. The van der Waals surface area contributed by atoms with Crippen molar-refractivity contribution in [3.8, 4) is 0 Å². The van der Waals surface area contributed by atoms with E-state index in [-0.39, 0.29) is 17.7 Å². The number of carbonyl (C=O) groups excluding carboxylic acids is 1. The normalized spacial score (nSPS) is 23.4. The van der Waals surface area contributed by atoms with Crippen molar-refractivity contribution in [1.82, 2.24) is 14.9 Å². The highest BCUT2D eigenvalue weighted by Crippen LogP contribution is 2.18. The first-order valence-electron chi connectivity index (χ1n) is 6.64. The molecule has 1 fully saturated rings. The van der Waals surface area contributed by atoms with Gasteiger partial charge in [0.05, 0.1) is 19.1 Å². The molecule has 1 aliphatic rings. The average Bonchev–Trinajstić information content (AvgIpc) is 3.03. The van der Waals surface area contributed by atoms with E-state index < -0.39 is 0 Å². The molecule has 0 radical (unpaired) electrons. The van der Waals surface area contributed by atoms with Gasteiger partial charge < -0.3 is 14.6 Å². The molecule has 0 amide bonds. The summed E-state index contributed by atoms with van der Waals surface area (Å²) in [6, 6.07) is 0.124. The SMILES string of the molecule is CCCNC1COCC1C(=O)c1nccn1CC. The number of nitrogens with one attached hydrogen (secondary N) is 1. The zero-order valence-electron chi connectivity index (χ0n) is 11.1. The molecule has 0 saturated carbocycles. The predicted molar refractivity (Wildman–Crippen MR) is 68.6 cm³/mol. The van der Waals surface area contributed by atoms with Crippen molar-refractivity contribution >= 4 is 5.78 Å². The Bertz CT molecular complexity index is 403. The van der Waals surface area contributed by atoms with E-state index in [1.165, 1.54) is 0 Å². The van der Waals surface area contributed by atoms with Crippen LogP contribution in [0.25, 0.3) is 0 Å². The van der Waals surface area contributed by atoms with Gasteiger partial charge in [-0.1, -0.05) is 6.92 Å². The van der Waals surface area contributed by atoms with Crippen LogP contribution in [0.2, 0.25) is 0 Å². The molecular formula is C13H21N3O2. The topological polar surface area (TPSA) is 56.1 Å². The van der Waals surface area contributed by atoms with E-state index in [4.69, 9.17) is 4.74 Å². The van der Waals surface area contributed by atoms with E-state index in [1.54, 1.807) is 6.20 Å². The fraction of sp³-hybridized carbons (Fsp3) is 0.692. The van der Waals surface area contributed by atoms with Crippen molar-refractivity contribution in [3.05, 3.63) is 18.2 Å². The van der Waals surface area contributed by atoms with Crippen molar-refractivity contribution in [2.24, 2.45) is 5.92 Å². The second-order valence-corrected chi connectivity index (χ2v) is 4.61. The smallest absolute Gasteiger partial charge is 0.205 e. The predicted octanol–water partition coefficient (Wildman–Crippen LogP) is 1.10. The van der Waals surface area contributed by atoms with Crippen molar-refractivity contribution in [2.75, 3.05) is 19.8 Å². The summed E-state index contributed by atoms with van der Waals surface area (Å²) in [4.78, 5) is 16.6. The van der Waals surface area contributed by atoms with Crippen LogP contribution in [0.3, 0.4) is 0 Å². The molecule has 1 N–H and O–H groups in total. The molecule has 2 rings (SSSR count). The first kappa shape index (κ1) is 13.2. The Hall–Kier alpha value is -1.20. The van der Waals surface area contributed by atoms with E-state index >= 15 is 0 Å². The van der Waals surface area contributed by atoms with Gasteiger partial charge in [-0.25, -0.2) is 4.98 Å². The summed E-state index contributed by atoms with van der Waals surface area (Å²) in [6.07, 6.45) is 4.58. The molecule has 0 spiro atoms. The summed E-state index contributed by atoms with van der Waals surface area (Å²) < 4.78 is 7.33. The van der Waals surface area contributed by atoms with Crippen molar-refractivity contribution in [1.29, 1.82) is 0 Å². The molecule has 1 aromatic heterocycles. The highest BCUT2D eigenvalue weighted by molar-refractivity contribution is 5.95. The third kappa shape index (κ3) is 2.62. The Morgan fingerprint density at radius 2 is 2.39 bits per heavy atom. The fourth-order valence-electron chi connectivity index (χ4n) is 2.30. The fourth-order valence-corrected chi connectivity index (χ4v) is 2.30. The lowest BCUT2D eigenvalue weighted by molar-refractivity contribution is 0.0876. The molecule has 1 aromatic rings. The van der Waals surface area contributed by atoms with Gasteiger partial charge in [0.25, 0.3) is 0 Å². The third-order valence-corrected chi connectivity index (χ3v) is 3.35. The molecule has 0 bridgehead atoms. The molecule has 2 heterocycles. The first-order chi connectivity index (χ1) is 8.77. The van der Waals surface area contributed by atoms with E-state index in [0.29, 0.717) is 19.0 Å². The Morgan fingerprint density at radius 3 is 3.11 bits per heavy atom. The highest BCUT2D eigenvalue weighted by Gasteiger charge is 2.35. The summed E-state index contributed by atoms with van der Waals surface area (Å²) >= 11 is 0. The molecule has 0 aromatic carbocycles. The highest BCUT2D eigenvalue weighted by atomic mass is 16.5. The number of ether oxygens (including phenoxy) is 1. The number of aryl methyl sites for hydroxylation is 1. The van der Waals surface area contributed by atoms with Crippen molar-refractivity contribution in [3.63, 3.8) is 0 Å². The average molecular weight is 251 g/mol. The Balaban J connectivity index is 2.08. The molecule has 5 nitrogen and oxygen atoms in total. The largest absolute Gasteiger partial charge is 0.379 e. The zero-order chi connectivity index (χ0) is 13.0. The van der Waals surface area contributed by atoms with Crippen molar-refractivity contribution in [2.45, 2.75) is 32.9 Å². The maximum atomic E-state index is 12.5.